The van der Waals surface area contributed by atoms with Gasteiger partial charge in [0, 0.05) is 0 Å². The van der Waals surface area contributed by atoms with Crippen LogP contribution in [0, 0.1) is 17.8 Å². The maximum atomic E-state index is 5.67. The van der Waals surface area contributed by atoms with Crippen molar-refractivity contribution in [1.29, 1.82) is 0 Å². The van der Waals surface area contributed by atoms with E-state index in [4.69, 9.17) is 5.73 Å². The molecule has 3 fully saturated rings. The molecule has 0 saturated heterocycles. The Balaban J connectivity index is 1.68. The Morgan fingerprint density at radius 3 is 2.50 bits per heavy atom. The zero-order valence-electron chi connectivity index (χ0n) is 8.58. The zero-order chi connectivity index (χ0) is 9.54. The highest BCUT2D eigenvalue weighted by Crippen LogP contribution is 2.46. The second-order valence-corrected chi connectivity index (χ2v) is 5.16. The van der Waals surface area contributed by atoms with Gasteiger partial charge >= 0.3 is 0 Å². The molecule has 3 aliphatic carbocycles. The molecule has 4 rings (SSSR count). The quantitative estimate of drug-likeness (QED) is 0.655. The van der Waals surface area contributed by atoms with Crippen LogP contribution in [-0.4, -0.2) is 18.5 Å². The van der Waals surface area contributed by atoms with Crippen LogP contribution in [0.5, 0.6) is 0 Å². The molecule has 2 atom stereocenters. The molecule has 0 spiro atoms. The van der Waals surface area contributed by atoms with Gasteiger partial charge in [-0.1, -0.05) is 12.8 Å². The van der Waals surface area contributed by atoms with Crippen LogP contribution in [0.4, 0.5) is 0 Å². The summed E-state index contributed by atoms with van der Waals surface area (Å²) in [4.78, 5) is 4.26. The van der Waals surface area contributed by atoms with E-state index in [1.54, 1.807) is 0 Å². The van der Waals surface area contributed by atoms with Gasteiger partial charge in [-0.2, -0.15) is 0 Å². The Hall–Kier alpha value is -0.730. The summed E-state index contributed by atoms with van der Waals surface area (Å²) in [7, 11) is 0. The largest absolute Gasteiger partial charge is 0.370 e. The van der Waals surface area contributed by atoms with Gasteiger partial charge in [0.05, 0.1) is 12.6 Å². The number of rotatable bonds is 1. The van der Waals surface area contributed by atoms with Gasteiger partial charge in [0.2, 0.25) is 0 Å². The maximum absolute atomic E-state index is 5.67. The van der Waals surface area contributed by atoms with Crippen LogP contribution in [0.1, 0.15) is 32.1 Å². The fourth-order valence-corrected chi connectivity index (χ4v) is 3.64. The van der Waals surface area contributed by atoms with Crippen LogP contribution in [0.3, 0.4) is 0 Å². The van der Waals surface area contributed by atoms with Gasteiger partial charge in [-0.3, -0.25) is 4.99 Å². The lowest BCUT2D eigenvalue weighted by atomic mass is 9.62. The van der Waals surface area contributed by atoms with E-state index in [-0.39, 0.29) is 0 Å². The standard InChI is InChI=1S/C11H19N3/c12-11-13-6-10(14-11)9-5-7-1-3-8(9)4-2-7/h7-10H,1-6H2,(H3,12,13,14). The molecular weight excluding hydrogens is 174 g/mol. The normalized spacial score (nSPS) is 46.1. The molecular formula is C11H19N3. The number of aliphatic imine (C=N–C) groups is 1. The van der Waals surface area contributed by atoms with E-state index in [2.05, 4.69) is 10.3 Å². The van der Waals surface area contributed by atoms with Gasteiger partial charge in [-0.25, -0.2) is 0 Å². The highest BCUT2D eigenvalue weighted by Gasteiger charge is 2.40. The molecule has 0 radical (unpaired) electrons. The van der Waals surface area contributed by atoms with Crippen molar-refractivity contribution < 1.29 is 0 Å². The van der Waals surface area contributed by atoms with Gasteiger partial charge in [0.1, 0.15) is 0 Å². The minimum Gasteiger partial charge on any atom is -0.370 e. The first-order chi connectivity index (χ1) is 6.83. The third kappa shape index (κ3) is 1.30. The van der Waals surface area contributed by atoms with Crippen molar-refractivity contribution in [3.63, 3.8) is 0 Å². The third-order valence-electron chi connectivity index (χ3n) is 4.41. The summed E-state index contributed by atoms with van der Waals surface area (Å²) < 4.78 is 0. The lowest BCUT2D eigenvalue weighted by Crippen LogP contribution is -2.46. The molecule has 0 aromatic rings. The predicted octanol–water partition coefficient (Wildman–Crippen LogP) is 1.10. The zero-order valence-corrected chi connectivity index (χ0v) is 8.58. The Morgan fingerprint density at radius 1 is 1.21 bits per heavy atom. The van der Waals surface area contributed by atoms with E-state index in [1.807, 2.05) is 0 Å². The second-order valence-electron chi connectivity index (χ2n) is 5.16. The molecule has 14 heavy (non-hydrogen) atoms. The van der Waals surface area contributed by atoms with Crippen molar-refractivity contribution in [2.24, 2.45) is 28.5 Å². The predicted molar refractivity (Wildman–Crippen MR) is 57.0 cm³/mol. The van der Waals surface area contributed by atoms with Gasteiger partial charge < -0.3 is 11.1 Å². The summed E-state index contributed by atoms with van der Waals surface area (Å²) >= 11 is 0. The second kappa shape index (κ2) is 3.14. The molecule has 3 N–H and O–H groups in total. The summed E-state index contributed by atoms with van der Waals surface area (Å²) in [6.07, 6.45) is 7.28. The molecule has 1 aliphatic heterocycles. The van der Waals surface area contributed by atoms with Crippen LogP contribution in [0.2, 0.25) is 0 Å². The number of nitrogens with zero attached hydrogens (tertiary/aromatic N) is 1. The number of hydrogen-bond donors (Lipinski definition) is 2. The van der Waals surface area contributed by atoms with Crippen LogP contribution in [0.25, 0.3) is 0 Å². The summed E-state index contributed by atoms with van der Waals surface area (Å²) in [6, 6.07) is 0.558. The smallest absolute Gasteiger partial charge is 0.188 e. The molecule has 4 aliphatic rings. The molecule has 1 heterocycles. The van der Waals surface area contributed by atoms with Gasteiger partial charge in [-0.05, 0) is 37.0 Å². The lowest BCUT2D eigenvalue weighted by Gasteiger charge is -2.44. The number of nitrogens with one attached hydrogen (secondary N) is 1. The van der Waals surface area contributed by atoms with E-state index in [1.165, 1.54) is 32.1 Å². The molecule has 3 nitrogen and oxygen atoms in total. The van der Waals surface area contributed by atoms with Crippen LogP contribution < -0.4 is 11.1 Å². The molecule has 2 bridgehead atoms. The van der Waals surface area contributed by atoms with Crippen molar-refractivity contribution >= 4 is 5.96 Å². The van der Waals surface area contributed by atoms with E-state index in [0.29, 0.717) is 12.0 Å². The minimum absolute atomic E-state index is 0.558. The van der Waals surface area contributed by atoms with Crippen molar-refractivity contribution in [2.75, 3.05) is 6.54 Å². The SMILES string of the molecule is NC1=NCC(C2CC3CCC2CC3)N1. The average Bonchev–Trinajstić information content (AvgIpc) is 2.66. The maximum Gasteiger partial charge on any atom is 0.188 e. The van der Waals surface area contributed by atoms with E-state index in [9.17, 15) is 0 Å². The average molecular weight is 193 g/mol. The summed E-state index contributed by atoms with van der Waals surface area (Å²) in [5.41, 5.74) is 5.67. The number of fused-ring (bicyclic) bond motifs is 3. The van der Waals surface area contributed by atoms with E-state index in [0.717, 1.165) is 24.3 Å². The Bertz CT molecular complexity index is 253. The van der Waals surface area contributed by atoms with Gasteiger partial charge in [-0.15, -0.1) is 0 Å². The Labute approximate surface area is 85.2 Å². The molecule has 2 unspecified atom stereocenters. The minimum atomic E-state index is 0.558. The Morgan fingerprint density at radius 2 is 2.00 bits per heavy atom. The molecule has 0 aromatic heterocycles. The molecule has 78 valence electrons. The summed E-state index contributed by atoms with van der Waals surface area (Å²) in [5.74, 6) is 3.48. The van der Waals surface area contributed by atoms with E-state index < -0.39 is 0 Å². The Kier molecular flexibility index (Phi) is 1.92. The van der Waals surface area contributed by atoms with Gasteiger partial charge in [0.25, 0.3) is 0 Å². The first-order valence-corrected chi connectivity index (χ1v) is 5.89. The first kappa shape index (κ1) is 8.57. The lowest BCUT2D eigenvalue weighted by molar-refractivity contribution is 0.0800. The highest BCUT2D eigenvalue weighted by atomic mass is 15.2. The number of nitrogens with two attached hydrogens (primary N) is 1. The van der Waals surface area contributed by atoms with E-state index >= 15 is 0 Å². The van der Waals surface area contributed by atoms with Crippen molar-refractivity contribution in [3.8, 4) is 0 Å². The molecule has 0 amide bonds. The highest BCUT2D eigenvalue weighted by molar-refractivity contribution is 5.79. The fourth-order valence-electron chi connectivity index (χ4n) is 3.64. The fraction of sp³-hybridized carbons (Fsp3) is 0.909. The van der Waals surface area contributed by atoms with Crippen molar-refractivity contribution in [3.05, 3.63) is 0 Å². The molecule has 3 heteroatoms. The number of hydrogen-bond acceptors (Lipinski definition) is 3. The summed E-state index contributed by atoms with van der Waals surface area (Å²) in [6.45, 7) is 0.916. The van der Waals surface area contributed by atoms with Crippen LogP contribution >= 0.6 is 0 Å². The van der Waals surface area contributed by atoms with Crippen molar-refractivity contribution in [1.82, 2.24) is 5.32 Å². The van der Waals surface area contributed by atoms with Gasteiger partial charge in [0.15, 0.2) is 5.96 Å². The summed E-state index contributed by atoms with van der Waals surface area (Å²) in [5, 5.41) is 3.34. The number of guanidine groups is 1. The first-order valence-electron chi connectivity index (χ1n) is 5.89. The molecule has 0 aromatic carbocycles. The monoisotopic (exact) mass is 193 g/mol. The van der Waals surface area contributed by atoms with Crippen molar-refractivity contribution in [2.45, 2.75) is 38.1 Å². The molecule has 3 saturated carbocycles. The third-order valence-corrected chi connectivity index (χ3v) is 4.41. The van der Waals surface area contributed by atoms with Crippen LogP contribution in [-0.2, 0) is 0 Å². The topological polar surface area (TPSA) is 50.4 Å². The van der Waals surface area contributed by atoms with Crippen LogP contribution in [0.15, 0.2) is 4.99 Å².